The molecule has 0 radical (unpaired) electrons. The molecule has 0 aliphatic carbocycles. The number of hydrogen-bond donors (Lipinski definition) is 2. The first-order chi connectivity index (χ1) is 8.04. The number of amides is 1. The second-order valence-electron chi connectivity index (χ2n) is 3.47. The van der Waals surface area contributed by atoms with E-state index in [2.05, 4.69) is 5.32 Å². The molecule has 1 rings (SSSR count). The van der Waals surface area contributed by atoms with Crippen LogP contribution >= 0.6 is 0 Å². The van der Waals surface area contributed by atoms with Gasteiger partial charge in [-0.25, -0.2) is 4.79 Å². The van der Waals surface area contributed by atoms with Gasteiger partial charge in [0.25, 0.3) is 0 Å². The molecule has 0 aliphatic rings. The fourth-order valence-corrected chi connectivity index (χ4v) is 1.41. The van der Waals surface area contributed by atoms with Gasteiger partial charge in [0.15, 0.2) is 6.04 Å². The van der Waals surface area contributed by atoms with Crippen LogP contribution in [0.15, 0.2) is 24.3 Å². The summed E-state index contributed by atoms with van der Waals surface area (Å²) in [6.07, 6.45) is 0. The third kappa shape index (κ3) is 3.79. The Hall–Kier alpha value is -2.04. The summed E-state index contributed by atoms with van der Waals surface area (Å²) in [6.45, 7) is 3.70. The molecule has 0 bridgehead atoms. The average molecular weight is 237 g/mol. The SMILES string of the molecule is CCOc1ccc(C(NC(C)=O)C(=O)O)cc1. The Balaban J connectivity index is 2.87. The van der Waals surface area contributed by atoms with Gasteiger partial charge in [-0.15, -0.1) is 0 Å². The molecule has 92 valence electrons. The third-order valence-electron chi connectivity index (χ3n) is 2.12. The second kappa shape index (κ2) is 5.89. The highest BCUT2D eigenvalue weighted by molar-refractivity contribution is 5.83. The summed E-state index contributed by atoms with van der Waals surface area (Å²) in [7, 11) is 0. The van der Waals surface area contributed by atoms with Crippen LogP contribution in [-0.4, -0.2) is 23.6 Å². The van der Waals surface area contributed by atoms with Crippen LogP contribution in [0.1, 0.15) is 25.5 Å². The van der Waals surface area contributed by atoms with Crippen LogP contribution in [0.25, 0.3) is 0 Å². The summed E-state index contributed by atoms with van der Waals surface area (Å²) in [4.78, 5) is 21.9. The third-order valence-corrected chi connectivity index (χ3v) is 2.12. The van der Waals surface area contributed by atoms with Crippen molar-refractivity contribution in [3.8, 4) is 5.75 Å². The molecule has 1 unspecified atom stereocenters. The van der Waals surface area contributed by atoms with E-state index >= 15 is 0 Å². The maximum Gasteiger partial charge on any atom is 0.330 e. The van der Waals surface area contributed by atoms with Gasteiger partial charge in [0, 0.05) is 6.92 Å². The minimum absolute atomic E-state index is 0.383. The topological polar surface area (TPSA) is 75.6 Å². The molecule has 0 saturated heterocycles. The Bertz CT molecular complexity index is 399. The van der Waals surface area contributed by atoms with Crippen molar-refractivity contribution in [1.82, 2.24) is 5.32 Å². The zero-order valence-electron chi connectivity index (χ0n) is 9.77. The molecule has 0 fully saturated rings. The Kier molecular flexibility index (Phi) is 4.51. The molecule has 0 saturated carbocycles. The van der Waals surface area contributed by atoms with Crippen molar-refractivity contribution in [1.29, 1.82) is 0 Å². The number of benzene rings is 1. The molecular formula is C12H15NO4. The van der Waals surface area contributed by atoms with Gasteiger partial charge in [-0.3, -0.25) is 4.79 Å². The first kappa shape index (κ1) is 13.0. The normalized spacial score (nSPS) is 11.6. The first-order valence-electron chi connectivity index (χ1n) is 5.27. The van der Waals surface area contributed by atoms with Crippen molar-refractivity contribution in [2.24, 2.45) is 0 Å². The maximum absolute atomic E-state index is 11.0. The van der Waals surface area contributed by atoms with Crippen molar-refractivity contribution in [3.63, 3.8) is 0 Å². The highest BCUT2D eigenvalue weighted by atomic mass is 16.5. The number of hydrogen-bond acceptors (Lipinski definition) is 3. The number of carboxylic acid groups (broad SMARTS) is 1. The van der Waals surface area contributed by atoms with Gasteiger partial charge in [-0.2, -0.15) is 0 Å². The van der Waals surface area contributed by atoms with Gasteiger partial charge < -0.3 is 15.2 Å². The highest BCUT2D eigenvalue weighted by Crippen LogP contribution is 2.18. The van der Waals surface area contributed by atoms with E-state index in [1.165, 1.54) is 6.92 Å². The van der Waals surface area contributed by atoms with Crippen molar-refractivity contribution in [2.45, 2.75) is 19.9 Å². The Morgan fingerprint density at radius 1 is 1.35 bits per heavy atom. The molecule has 1 aromatic rings. The maximum atomic E-state index is 11.0. The fraction of sp³-hybridized carbons (Fsp3) is 0.333. The molecule has 5 heteroatoms. The van der Waals surface area contributed by atoms with Crippen LogP contribution in [0.3, 0.4) is 0 Å². The molecule has 1 aromatic carbocycles. The minimum atomic E-state index is -1.09. The van der Waals surface area contributed by atoms with Crippen LogP contribution in [0, 0.1) is 0 Å². The number of ether oxygens (including phenoxy) is 1. The molecule has 0 aromatic heterocycles. The lowest BCUT2D eigenvalue weighted by Gasteiger charge is -2.14. The number of carbonyl (C=O) groups excluding carboxylic acids is 1. The Morgan fingerprint density at radius 3 is 2.35 bits per heavy atom. The zero-order chi connectivity index (χ0) is 12.8. The predicted molar refractivity (Wildman–Crippen MR) is 61.8 cm³/mol. The monoisotopic (exact) mass is 237 g/mol. The van der Waals surface area contributed by atoms with Gasteiger partial charge in [-0.1, -0.05) is 12.1 Å². The molecule has 0 heterocycles. The quantitative estimate of drug-likeness (QED) is 0.810. The van der Waals surface area contributed by atoms with E-state index in [1.54, 1.807) is 24.3 Å². The lowest BCUT2D eigenvalue weighted by atomic mass is 10.1. The number of rotatable bonds is 5. The van der Waals surface area contributed by atoms with E-state index in [1.807, 2.05) is 6.92 Å². The highest BCUT2D eigenvalue weighted by Gasteiger charge is 2.20. The summed E-state index contributed by atoms with van der Waals surface area (Å²) in [6, 6.07) is 5.58. The van der Waals surface area contributed by atoms with Gasteiger partial charge in [0.2, 0.25) is 5.91 Å². The van der Waals surface area contributed by atoms with Crippen molar-refractivity contribution < 1.29 is 19.4 Å². The summed E-state index contributed by atoms with van der Waals surface area (Å²) >= 11 is 0. The zero-order valence-corrected chi connectivity index (χ0v) is 9.77. The summed E-state index contributed by atoms with van der Waals surface area (Å²) in [5, 5.41) is 11.4. The lowest BCUT2D eigenvalue weighted by Crippen LogP contribution is -2.31. The van der Waals surface area contributed by atoms with E-state index in [-0.39, 0.29) is 5.91 Å². The molecule has 2 N–H and O–H groups in total. The number of nitrogens with one attached hydrogen (secondary N) is 1. The van der Waals surface area contributed by atoms with Crippen LogP contribution < -0.4 is 10.1 Å². The van der Waals surface area contributed by atoms with Crippen molar-refractivity contribution >= 4 is 11.9 Å². The molecule has 1 atom stereocenters. The number of carbonyl (C=O) groups is 2. The van der Waals surface area contributed by atoms with Crippen LogP contribution in [0.4, 0.5) is 0 Å². The summed E-state index contributed by atoms with van der Waals surface area (Å²) in [5.74, 6) is -0.807. The fourth-order valence-electron chi connectivity index (χ4n) is 1.41. The molecular weight excluding hydrogens is 222 g/mol. The molecule has 0 aliphatic heterocycles. The Morgan fingerprint density at radius 2 is 1.94 bits per heavy atom. The van der Waals surface area contributed by atoms with Crippen LogP contribution in [-0.2, 0) is 9.59 Å². The second-order valence-corrected chi connectivity index (χ2v) is 3.47. The van der Waals surface area contributed by atoms with E-state index in [9.17, 15) is 9.59 Å². The summed E-state index contributed by atoms with van der Waals surface area (Å²) in [5.41, 5.74) is 0.510. The van der Waals surface area contributed by atoms with Crippen LogP contribution in [0.2, 0.25) is 0 Å². The smallest absolute Gasteiger partial charge is 0.330 e. The first-order valence-corrected chi connectivity index (χ1v) is 5.27. The van der Waals surface area contributed by atoms with E-state index < -0.39 is 12.0 Å². The van der Waals surface area contributed by atoms with Gasteiger partial charge in [0.1, 0.15) is 5.75 Å². The molecule has 0 spiro atoms. The molecule has 1 amide bonds. The van der Waals surface area contributed by atoms with Crippen molar-refractivity contribution in [2.75, 3.05) is 6.61 Å². The molecule has 5 nitrogen and oxygen atoms in total. The summed E-state index contributed by atoms with van der Waals surface area (Å²) < 4.78 is 5.25. The minimum Gasteiger partial charge on any atom is -0.494 e. The van der Waals surface area contributed by atoms with Gasteiger partial charge >= 0.3 is 5.97 Å². The lowest BCUT2D eigenvalue weighted by molar-refractivity contribution is -0.141. The standard InChI is InChI=1S/C12H15NO4/c1-3-17-10-6-4-9(5-7-10)11(12(15)16)13-8(2)14/h4-7,11H,3H2,1-2H3,(H,13,14)(H,15,16). The van der Waals surface area contributed by atoms with Crippen LogP contribution in [0.5, 0.6) is 5.75 Å². The Labute approximate surface area is 99.4 Å². The number of carboxylic acids is 1. The van der Waals surface area contributed by atoms with E-state index in [4.69, 9.17) is 9.84 Å². The van der Waals surface area contributed by atoms with E-state index in [0.29, 0.717) is 17.9 Å². The van der Waals surface area contributed by atoms with Crippen molar-refractivity contribution in [3.05, 3.63) is 29.8 Å². The van der Waals surface area contributed by atoms with E-state index in [0.717, 1.165) is 0 Å². The van der Waals surface area contributed by atoms with Gasteiger partial charge in [-0.05, 0) is 24.6 Å². The predicted octanol–water partition coefficient (Wildman–Crippen LogP) is 1.35. The average Bonchev–Trinajstić information content (AvgIpc) is 2.27. The van der Waals surface area contributed by atoms with Gasteiger partial charge in [0.05, 0.1) is 6.61 Å². The largest absolute Gasteiger partial charge is 0.494 e. The molecule has 17 heavy (non-hydrogen) atoms. The number of aliphatic carboxylic acids is 1.